The first-order valence-electron chi connectivity index (χ1n) is 5.59. The van der Waals surface area contributed by atoms with Crippen LogP contribution in [0.5, 0.6) is 0 Å². The number of hydrogen-bond donors (Lipinski definition) is 0. The molecule has 94 valence electrons. The lowest BCUT2D eigenvalue weighted by atomic mass is 10.3. The molecule has 0 saturated carbocycles. The first kappa shape index (κ1) is 11.2. The zero-order valence-electron chi connectivity index (χ0n) is 9.76. The summed E-state index contributed by atoms with van der Waals surface area (Å²) >= 11 is 0. The Kier molecular flexibility index (Phi) is 2.60. The van der Waals surface area contributed by atoms with Gasteiger partial charge in [0, 0.05) is 11.6 Å². The maximum Gasteiger partial charge on any atom is 0.433 e. The summed E-state index contributed by atoms with van der Waals surface area (Å²) in [6.45, 7) is 0. The lowest BCUT2D eigenvalue weighted by molar-refractivity contribution is -0.402. The third kappa shape index (κ3) is 2.11. The Morgan fingerprint density at radius 3 is 2.84 bits per heavy atom. The van der Waals surface area contributed by atoms with Gasteiger partial charge in [0.05, 0.1) is 17.8 Å². The van der Waals surface area contributed by atoms with Crippen LogP contribution in [-0.2, 0) is 0 Å². The molecule has 0 N–H and O–H groups in total. The highest BCUT2D eigenvalue weighted by Crippen LogP contribution is 2.16. The summed E-state index contributed by atoms with van der Waals surface area (Å²) in [5, 5.41) is 15.8. The Labute approximate surface area is 107 Å². The van der Waals surface area contributed by atoms with E-state index in [1.54, 1.807) is 4.68 Å². The van der Waals surface area contributed by atoms with E-state index in [-0.39, 0.29) is 5.88 Å². The molecule has 6 nitrogen and oxygen atoms in total. The molecule has 0 saturated heterocycles. The summed E-state index contributed by atoms with van der Waals surface area (Å²) in [6.07, 6.45) is 3.26. The number of fused-ring (bicyclic) bond motifs is 1. The van der Waals surface area contributed by atoms with Crippen LogP contribution in [0, 0.1) is 10.1 Å². The number of nitrogens with zero attached hydrogens (tertiary/aromatic N) is 3. The molecule has 0 spiro atoms. The fraction of sp³-hybridized carbons (Fsp3) is 0. The fourth-order valence-corrected chi connectivity index (χ4v) is 1.80. The van der Waals surface area contributed by atoms with E-state index in [0.29, 0.717) is 5.76 Å². The average Bonchev–Trinajstić information content (AvgIpc) is 3.03. The highest BCUT2D eigenvalue weighted by atomic mass is 16.6. The maximum atomic E-state index is 10.5. The Hall–Kier alpha value is -2.89. The Morgan fingerprint density at radius 2 is 2.05 bits per heavy atom. The van der Waals surface area contributed by atoms with E-state index in [9.17, 15) is 10.1 Å². The summed E-state index contributed by atoms with van der Waals surface area (Å²) in [5.41, 5.74) is 0.958. The Morgan fingerprint density at radius 1 is 1.21 bits per heavy atom. The predicted molar refractivity (Wildman–Crippen MR) is 70.3 cm³/mol. The van der Waals surface area contributed by atoms with Gasteiger partial charge in [-0.05, 0) is 18.2 Å². The lowest BCUT2D eigenvalue weighted by Gasteiger charge is -1.95. The molecular weight excluding hydrogens is 246 g/mol. The second-order valence-electron chi connectivity index (χ2n) is 3.90. The van der Waals surface area contributed by atoms with Crippen LogP contribution in [0.1, 0.15) is 5.76 Å². The summed E-state index contributed by atoms with van der Waals surface area (Å²) < 4.78 is 6.68. The number of nitro groups is 1. The minimum absolute atomic E-state index is 0.293. The molecule has 1 aromatic carbocycles. The van der Waals surface area contributed by atoms with Crippen LogP contribution >= 0.6 is 0 Å². The molecule has 0 bridgehead atoms. The van der Waals surface area contributed by atoms with Crippen molar-refractivity contribution in [3.63, 3.8) is 0 Å². The first-order valence-corrected chi connectivity index (χ1v) is 5.59. The van der Waals surface area contributed by atoms with E-state index in [4.69, 9.17) is 4.42 Å². The predicted octanol–water partition coefficient (Wildman–Crippen LogP) is 3.02. The van der Waals surface area contributed by atoms with Gasteiger partial charge in [-0.2, -0.15) is 5.10 Å². The van der Waals surface area contributed by atoms with Gasteiger partial charge < -0.3 is 4.42 Å². The van der Waals surface area contributed by atoms with Crippen molar-refractivity contribution < 1.29 is 9.34 Å². The van der Waals surface area contributed by atoms with E-state index < -0.39 is 4.92 Å². The van der Waals surface area contributed by atoms with Crippen molar-refractivity contribution in [3.05, 3.63) is 64.5 Å². The Balaban J connectivity index is 1.91. The summed E-state index contributed by atoms with van der Waals surface area (Å²) in [7, 11) is 0. The van der Waals surface area contributed by atoms with Gasteiger partial charge in [0.2, 0.25) is 0 Å². The standard InChI is InChI=1S/C13H9N3O3/c17-16(18)13-6-5-11(19-13)9-14-15-8-7-10-3-1-2-4-12(10)15/h1-9H. The molecular formula is C13H9N3O3. The summed E-state index contributed by atoms with van der Waals surface area (Å²) in [4.78, 5) is 9.90. The van der Waals surface area contributed by atoms with E-state index in [0.717, 1.165) is 10.9 Å². The molecule has 0 unspecified atom stereocenters. The van der Waals surface area contributed by atoms with Gasteiger partial charge in [-0.15, -0.1) is 0 Å². The highest BCUT2D eigenvalue weighted by molar-refractivity contribution is 5.81. The van der Waals surface area contributed by atoms with E-state index in [1.807, 2.05) is 36.5 Å². The molecule has 0 radical (unpaired) electrons. The molecule has 2 aromatic heterocycles. The van der Waals surface area contributed by atoms with Crippen LogP contribution in [0.15, 0.2) is 58.2 Å². The number of para-hydroxylation sites is 1. The summed E-state index contributed by atoms with van der Waals surface area (Å²) in [5.74, 6) is 0.0447. The lowest BCUT2D eigenvalue weighted by Crippen LogP contribution is -1.87. The Bertz CT molecular complexity index is 770. The number of hydrogen-bond acceptors (Lipinski definition) is 4. The fourth-order valence-electron chi connectivity index (χ4n) is 1.80. The highest BCUT2D eigenvalue weighted by Gasteiger charge is 2.10. The zero-order chi connectivity index (χ0) is 13.2. The van der Waals surface area contributed by atoms with Crippen LogP contribution in [0.2, 0.25) is 0 Å². The number of furan rings is 1. The van der Waals surface area contributed by atoms with Crippen molar-refractivity contribution in [2.75, 3.05) is 0 Å². The molecule has 0 aliphatic heterocycles. The van der Waals surface area contributed by atoms with Gasteiger partial charge in [0.1, 0.15) is 4.92 Å². The van der Waals surface area contributed by atoms with Crippen LogP contribution in [0.25, 0.3) is 10.9 Å². The average molecular weight is 255 g/mol. The molecule has 3 aromatic rings. The van der Waals surface area contributed by atoms with Crippen LogP contribution < -0.4 is 0 Å². The zero-order valence-corrected chi connectivity index (χ0v) is 9.76. The second-order valence-corrected chi connectivity index (χ2v) is 3.90. The van der Waals surface area contributed by atoms with Crippen LogP contribution in [-0.4, -0.2) is 15.8 Å². The first-order chi connectivity index (χ1) is 9.24. The normalized spacial score (nSPS) is 11.4. The summed E-state index contributed by atoms with van der Waals surface area (Å²) in [6, 6.07) is 12.6. The van der Waals surface area contributed by atoms with Crippen molar-refractivity contribution in [2.24, 2.45) is 5.10 Å². The van der Waals surface area contributed by atoms with Gasteiger partial charge in [0.15, 0.2) is 5.76 Å². The van der Waals surface area contributed by atoms with Crippen LogP contribution in [0.3, 0.4) is 0 Å². The largest absolute Gasteiger partial charge is 0.433 e. The molecule has 19 heavy (non-hydrogen) atoms. The van der Waals surface area contributed by atoms with Crippen molar-refractivity contribution in [2.45, 2.75) is 0 Å². The molecule has 0 amide bonds. The van der Waals surface area contributed by atoms with Gasteiger partial charge in [0.25, 0.3) is 0 Å². The van der Waals surface area contributed by atoms with Crippen molar-refractivity contribution >= 4 is 23.0 Å². The number of benzene rings is 1. The van der Waals surface area contributed by atoms with Gasteiger partial charge in [-0.3, -0.25) is 10.1 Å². The van der Waals surface area contributed by atoms with E-state index in [2.05, 4.69) is 5.10 Å². The van der Waals surface area contributed by atoms with Crippen molar-refractivity contribution in [1.29, 1.82) is 0 Å². The van der Waals surface area contributed by atoms with E-state index >= 15 is 0 Å². The van der Waals surface area contributed by atoms with Gasteiger partial charge >= 0.3 is 5.88 Å². The maximum absolute atomic E-state index is 10.5. The van der Waals surface area contributed by atoms with Gasteiger partial charge in [-0.25, -0.2) is 4.68 Å². The third-order valence-corrected chi connectivity index (χ3v) is 2.68. The monoisotopic (exact) mass is 255 g/mol. The van der Waals surface area contributed by atoms with Crippen molar-refractivity contribution in [3.8, 4) is 0 Å². The smallest absolute Gasteiger partial charge is 0.400 e. The topological polar surface area (TPSA) is 73.6 Å². The molecule has 3 rings (SSSR count). The second kappa shape index (κ2) is 4.41. The molecule has 6 heteroatoms. The quantitative estimate of drug-likeness (QED) is 0.410. The molecule has 0 aliphatic carbocycles. The SMILES string of the molecule is O=[N+]([O-])c1ccc(C=Nn2ccc3ccccc32)o1. The number of rotatable bonds is 3. The minimum Gasteiger partial charge on any atom is -0.400 e. The molecule has 0 fully saturated rings. The van der Waals surface area contributed by atoms with Crippen LogP contribution in [0.4, 0.5) is 5.88 Å². The molecule has 0 aliphatic rings. The molecule has 2 heterocycles. The van der Waals surface area contributed by atoms with Crippen molar-refractivity contribution in [1.82, 2.24) is 4.68 Å². The third-order valence-electron chi connectivity index (χ3n) is 2.68. The minimum atomic E-state index is -0.581. The van der Waals surface area contributed by atoms with Gasteiger partial charge in [-0.1, -0.05) is 18.2 Å². The van der Waals surface area contributed by atoms with E-state index in [1.165, 1.54) is 18.3 Å². The molecule has 0 atom stereocenters. The number of aromatic nitrogens is 1.